The summed E-state index contributed by atoms with van der Waals surface area (Å²) in [5.41, 5.74) is 27.1. The second kappa shape index (κ2) is 39.3. The van der Waals surface area contributed by atoms with E-state index in [1.54, 1.807) is 0 Å². The van der Waals surface area contributed by atoms with E-state index in [1.807, 2.05) is 0 Å². The van der Waals surface area contributed by atoms with E-state index in [0.717, 1.165) is 5.75 Å². The van der Waals surface area contributed by atoms with Crippen molar-refractivity contribution in [2.45, 2.75) is 315 Å². The number of anilines is 4. The summed E-state index contributed by atoms with van der Waals surface area (Å²) in [5.74, 6) is 1.22. The predicted molar refractivity (Wildman–Crippen MR) is 608 cm³/mol. The molecule has 726 valence electrons. The monoisotopic (exact) mass is 1850 g/mol. The maximum Gasteiger partial charge on any atom is 0.149 e. The number of aromatic nitrogens is 3. The molecule has 1 aliphatic heterocycles. The van der Waals surface area contributed by atoms with Crippen LogP contribution in [-0.2, 0) is 10.8 Å². The fraction of sp³-hybridized carbons (Fsp3) is 0.369. The van der Waals surface area contributed by atoms with Crippen LogP contribution in [-0.4, -0.2) is 81.1 Å². The number of hydrogen-bond acceptors (Lipinski definition) is 6. The van der Waals surface area contributed by atoms with Gasteiger partial charge in [-0.15, -0.1) is 0 Å². The Balaban J connectivity index is 0.000000139. The maximum absolute atomic E-state index is 6.60. The zero-order valence-corrected chi connectivity index (χ0v) is 90.5. The van der Waals surface area contributed by atoms with E-state index in [9.17, 15) is 0 Å². The number of benzene rings is 13. The van der Waals surface area contributed by atoms with Crippen LogP contribution in [0.1, 0.15) is 264 Å². The van der Waals surface area contributed by atoms with Crippen molar-refractivity contribution in [3.63, 3.8) is 0 Å². The van der Waals surface area contributed by atoms with E-state index < -0.39 is 0 Å². The molecule has 0 amide bonds. The van der Waals surface area contributed by atoms with E-state index >= 15 is 0 Å². The summed E-state index contributed by atoms with van der Waals surface area (Å²) < 4.78 is 13.9. The van der Waals surface area contributed by atoms with Gasteiger partial charge in [0.1, 0.15) is 11.9 Å². The Bertz CT molecular complexity index is 6890. The summed E-state index contributed by atoms with van der Waals surface area (Å²) >= 11 is 0. The number of para-hydroxylation sites is 10. The largest absolute Gasteiger partial charge is 0.483 e. The van der Waals surface area contributed by atoms with Crippen LogP contribution in [0.25, 0.3) is 99.2 Å². The van der Waals surface area contributed by atoms with Crippen LogP contribution in [0.3, 0.4) is 0 Å². The molecule has 0 saturated carbocycles. The standard InChI is InChI=1S/C32H34N2.C26H30N2.C26H31NO.C25H28N2.C21H37N/c1-31(2,3)34(32(4,5)6)29-21-20-24(23-14-8-7-9-15-23)22-30(29)33-27-18-12-10-16-25(27)26-17-11-13-19-28(26)33;1-25(2,3)28(26(4,5)6)24-18-12-11-17-23(24)27-21-15-9-7-13-19(21)20-14-8-10-16-22(20)27;1-25(2,3)27(26(4,5)6)21-17-16-19(18-12-8-7-9-13-18)23-20-14-10-11-15-22(20)28-24(21)23;1-18(2)27(25(3,4)5)23-17-11-15-21-20-14-9-10-16-22(20)26(24(21)23)19-12-7-6-8-13-19;1-15(2)22(21(9,10)11)18-14-16(19(3,4)5)12-13-17(18)20(6,7)8/h7-22H,1-6H3;7-18H,1-6H3;7-17,23-24H,1-6H3;6-18H,1-5H3;12-15H,1-11H3. The van der Waals surface area contributed by atoms with Crippen LogP contribution in [0.4, 0.5) is 22.7 Å². The molecule has 2 aliphatic rings. The molecule has 16 aromatic rings. The number of ether oxygens (including phenoxy) is 1. The molecule has 0 spiro atoms. The lowest BCUT2D eigenvalue weighted by Crippen LogP contribution is -2.55. The van der Waals surface area contributed by atoms with Crippen molar-refractivity contribution in [1.82, 2.24) is 18.6 Å². The normalized spacial score (nSPS) is 14.4. The quantitative estimate of drug-likeness (QED) is 0.121. The Morgan fingerprint density at radius 1 is 0.266 bits per heavy atom. The van der Waals surface area contributed by atoms with E-state index in [-0.39, 0.29) is 67.2 Å². The molecule has 13 aromatic carbocycles. The highest BCUT2D eigenvalue weighted by Crippen LogP contribution is 2.54. The highest BCUT2D eigenvalue weighted by Gasteiger charge is 2.47. The van der Waals surface area contributed by atoms with Gasteiger partial charge in [-0.3, -0.25) is 0 Å². The molecule has 3 aromatic heterocycles. The first-order valence-electron chi connectivity index (χ1n) is 50.8. The van der Waals surface area contributed by atoms with Gasteiger partial charge in [0, 0.05) is 106 Å². The number of allylic oxidation sites excluding steroid dienone is 2. The molecule has 0 fully saturated rings. The van der Waals surface area contributed by atoms with Gasteiger partial charge in [0.2, 0.25) is 0 Å². The third-order valence-corrected chi connectivity index (χ3v) is 26.7. The third-order valence-electron chi connectivity index (χ3n) is 26.7. The lowest BCUT2D eigenvalue weighted by Gasteiger charge is -2.51. The van der Waals surface area contributed by atoms with Crippen LogP contribution in [0, 0.1) is 0 Å². The number of fused-ring (bicyclic) bond motifs is 12. The maximum atomic E-state index is 6.60. The molecule has 0 bridgehead atoms. The summed E-state index contributed by atoms with van der Waals surface area (Å²) in [4.78, 5) is 12.7. The zero-order valence-electron chi connectivity index (χ0n) is 90.5. The molecule has 1 aliphatic carbocycles. The molecule has 139 heavy (non-hydrogen) atoms. The second-order valence-corrected chi connectivity index (χ2v) is 48.8. The molecule has 9 heteroatoms. The van der Waals surface area contributed by atoms with E-state index in [2.05, 4.69) is 601 Å². The molecule has 0 radical (unpaired) electrons. The van der Waals surface area contributed by atoms with Crippen LogP contribution < -0.4 is 24.3 Å². The summed E-state index contributed by atoms with van der Waals surface area (Å²) in [6.45, 7) is 78.0. The van der Waals surface area contributed by atoms with Crippen molar-refractivity contribution in [3.8, 4) is 33.9 Å². The Hall–Kier alpha value is -12.5. The third kappa shape index (κ3) is 21.6. The molecule has 2 unspecified atom stereocenters. The minimum Gasteiger partial charge on any atom is -0.483 e. The van der Waals surface area contributed by atoms with Crippen LogP contribution in [0.15, 0.2) is 333 Å². The number of rotatable bonds is 12. The summed E-state index contributed by atoms with van der Waals surface area (Å²) in [6.07, 6.45) is 4.59. The van der Waals surface area contributed by atoms with Crippen molar-refractivity contribution in [2.75, 3.05) is 19.6 Å². The minimum atomic E-state index is -0.0555. The van der Waals surface area contributed by atoms with Gasteiger partial charge in [0.05, 0.1) is 73.2 Å². The number of hydrogen-bond donors (Lipinski definition) is 0. The molecule has 9 nitrogen and oxygen atoms in total. The van der Waals surface area contributed by atoms with Crippen LogP contribution in [0.2, 0.25) is 0 Å². The average Bonchev–Trinajstić information content (AvgIpc) is 1.59. The molecular formula is C130H160N8O. The Labute approximate surface area is 835 Å². The van der Waals surface area contributed by atoms with Gasteiger partial charge in [-0.1, -0.05) is 278 Å². The lowest BCUT2D eigenvalue weighted by molar-refractivity contribution is 0.0486. The van der Waals surface area contributed by atoms with Crippen molar-refractivity contribution >= 4 is 93.7 Å². The van der Waals surface area contributed by atoms with Gasteiger partial charge in [0.25, 0.3) is 0 Å². The van der Waals surface area contributed by atoms with Crippen molar-refractivity contribution < 1.29 is 4.74 Å². The van der Waals surface area contributed by atoms with Crippen molar-refractivity contribution in [2.24, 2.45) is 0 Å². The fourth-order valence-corrected chi connectivity index (χ4v) is 23.1. The minimum absolute atomic E-state index is 0.00365. The van der Waals surface area contributed by atoms with Crippen molar-refractivity contribution in [3.05, 3.63) is 356 Å². The van der Waals surface area contributed by atoms with E-state index in [4.69, 9.17) is 4.74 Å². The molecular weight excluding hydrogens is 1690 g/mol. The molecule has 4 heterocycles. The topological polar surface area (TPSA) is 40.2 Å². The van der Waals surface area contributed by atoms with Gasteiger partial charge in [-0.2, -0.15) is 0 Å². The molecule has 0 saturated heterocycles. The van der Waals surface area contributed by atoms with Crippen molar-refractivity contribution in [1.29, 1.82) is 0 Å². The van der Waals surface area contributed by atoms with E-state index in [1.165, 1.54) is 150 Å². The van der Waals surface area contributed by atoms with E-state index in [0.29, 0.717) is 12.1 Å². The Morgan fingerprint density at radius 2 is 0.633 bits per heavy atom. The Morgan fingerprint density at radius 3 is 1.07 bits per heavy atom. The SMILES string of the molecule is CC(C)(C)N(C1=CC=C(c2ccccc2)C2c3ccccc3OC12)C(C)(C)C.CC(C)(C)N(c1ccc(-c2ccccc2)cc1-n1c2ccccc2c2ccccc21)C(C)(C)C.CC(C)(C)N(c1ccccc1-n1c2ccccc2c2ccccc21)C(C)(C)C.CC(C)N(c1cc(C(C)(C)C)ccc1C(C)(C)C)C(C)(C)C.CC(C)N(c1cccc2c3ccccc3n(-c3ccccc3)c12)C(C)(C)C. The highest BCUT2D eigenvalue weighted by molar-refractivity contribution is 6.14. The summed E-state index contributed by atoms with van der Waals surface area (Å²) in [6, 6.07) is 115. The van der Waals surface area contributed by atoms with Gasteiger partial charge in [-0.25, -0.2) is 0 Å². The van der Waals surface area contributed by atoms with Crippen LogP contribution in [0.5, 0.6) is 5.75 Å². The summed E-state index contributed by atoms with van der Waals surface area (Å²) in [7, 11) is 0. The Kier molecular flexibility index (Phi) is 29.0. The smallest absolute Gasteiger partial charge is 0.149 e. The first kappa shape index (κ1) is 102. The number of nitrogens with zero attached hydrogens (tertiary/aromatic N) is 8. The lowest BCUT2D eigenvalue weighted by atomic mass is 9.78. The van der Waals surface area contributed by atoms with Crippen LogP contribution >= 0.6 is 0 Å². The predicted octanol–water partition coefficient (Wildman–Crippen LogP) is 35.5. The first-order chi connectivity index (χ1) is 65.1. The second-order valence-electron chi connectivity index (χ2n) is 48.8. The molecule has 18 rings (SSSR count). The van der Waals surface area contributed by atoms with Gasteiger partial charge < -0.3 is 42.9 Å². The summed E-state index contributed by atoms with van der Waals surface area (Å²) in [5, 5.41) is 7.77. The molecule has 2 atom stereocenters. The van der Waals surface area contributed by atoms with Gasteiger partial charge in [-0.05, 0) is 329 Å². The van der Waals surface area contributed by atoms with Gasteiger partial charge in [0.15, 0.2) is 0 Å². The molecule has 0 N–H and O–H groups in total. The van der Waals surface area contributed by atoms with Gasteiger partial charge >= 0.3 is 0 Å². The first-order valence-corrected chi connectivity index (χ1v) is 50.8. The highest BCUT2D eigenvalue weighted by atomic mass is 16.5. The zero-order chi connectivity index (χ0) is 101. The fourth-order valence-electron chi connectivity index (χ4n) is 23.1. The average molecular weight is 1850 g/mol.